The maximum atomic E-state index is 14.3. The van der Waals surface area contributed by atoms with E-state index in [0.29, 0.717) is 24.3 Å². The van der Waals surface area contributed by atoms with Crippen LogP contribution >= 0.6 is 8.61 Å². The van der Waals surface area contributed by atoms with Crippen LogP contribution in [0.4, 0.5) is 29.1 Å². The van der Waals surface area contributed by atoms with Crippen LogP contribution < -0.4 is 14.9 Å². The molecule has 5 rings (SSSR count). The number of halogens is 4. The zero-order valence-electron chi connectivity index (χ0n) is 23.5. The first kappa shape index (κ1) is 33.1. The first-order valence-electron chi connectivity index (χ1n) is 13.6. The molecule has 0 spiro atoms. The molecule has 2 fully saturated rings. The van der Waals surface area contributed by atoms with Crippen molar-refractivity contribution in [1.29, 1.82) is 5.26 Å². The number of nitriles is 1. The van der Waals surface area contributed by atoms with Crippen molar-refractivity contribution in [3.8, 4) is 6.07 Å². The third kappa shape index (κ3) is 8.58. The van der Waals surface area contributed by atoms with Gasteiger partial charge >= 0.3 is 0 Å². The van der Waals surface area contributed by atoms with Gasteiger partial charge in [0, 0.05) is 43.6 Å². The molecule has 2 aromatic carbocycles. The lowest BCUT2D eigenvalue weighted by molar-refractivity contribution is -0.130. The lowest BCUT2D eigenvalue weighted by Crippen LogP contribution is -2.52. The number of carbonyl (C=O) groups excluding carboxylic acids is 2. The van der Waals surface area contributed by atoms with E-state index in [4.69, 9.17) is 5.26 Å². The van der Waals surface area contributed by atoms with E-state index in [2.05, 4.69) is 10.3 Å². The predicted molar refractivity (Wildman–Crippen MR) is 154 cm³/mol. The molecule has 0 radical (unpaired) electrons. The monoisotopic (exact) mass is 615 g/mol. The van der Waals surface area contributed by atoms with Crippen molar-refractivity contribution in [1.82, 2.24) is 10.3 Å². The smallest absolute Gasteiger partial charge is 0.283 e. The van der Waals surface area contributed by atoms with Gasteiger partial charge in [0.05, 0.1) is 17.3 Å². The molecule has 1 aliphatic heterocycles. The minimum absolute atomic E-state index is 0.0778. The number of pyridine rings is 1. The highest BCUT2D eigenvalue weighted by molar-refractivity contribution is 7.26. The van der Waals surface area contributed by atoms with Crippen molar-refractivity contribution < 1.29 is 31.7 Å². The number of carbonyl (C=O) groups is 2. The van der Waals surface area contributed by atoms with Crippen molar-refractivity contribution >= 4 is 31.9 Å². The van der Waals surface area contributed by atoms with Crippen molar-refractivity contribution in [2.75, 3.05) is 16.1 Å². The van der Waals surface area contributed by atoms with Crippen LogP contribution in [0.5, 0.6) is 0 Å². The van der Waals surface area contributed by atoms with Crippen LogP contribution in [0.3, 0.4) is 0 Å². The number of anilines is 2. The third-order valence-corrected chi connectivity index (χ3v) is 7.15. The molecule has 1 saturated carbocycles. The molecule has 8 nitrogen and oxygen atoms in total. The topological polar surface area (TPSA) is 106 Å². The average molecular weight is 616 g/mol. The number of rotatable bonds is 7. The number of hydrogen-bond acceptors (Lipinski definition) is 5. The van der Waals surface area contributed by atoms with E-state index in [1.165, 1.54) is 30.3 Å². The molecule has 1 aliphatic carbocycles. The summed E-state index contributed by atoms with van der Waals surface area (Å²) in [7, 11) is -0.686. The minimum atomic E-state index is -2.84. The molecule has 3 aromatic rings. The van der Waals surface area contributed by atoms with Gasteiger partial charge in [-0.3, -0.25) is 19.2 Å². The van der Waals surface area contributed by atoms with Crippen LogP contribution in [0, 0.1) is 23.0 Å². The largest absolute Gasteiger partial charge is 0.351 e. The predicted octanol–water partition coefficient (Wildman–Crippen LogP) is 6.74. The number of benzene rings is 2. The first-order chi connectivity index (χ1) is 20.6. The molecular formula is C30H30F4N5O3P. The molecule has 1 aromatic heterocycles. The molecule has 0 bridgehead atoms. The first-order valence-corrected chi connectivity index (χ1v) is 14.4. The Morgan fingerprint density at radius 3 is 2.44 bits per heavy atom. The van der Waals surface area contributed by atoms with E-state index < -0.39 is 57.0 Å². The van der Waals surface area contributed by atoms with E-state index in [-0.39, 0.29) is 17.2 Å². The van der Waals surface area contributed by atoms with Gasteiger partial charge in [-0.1, -0.05) is 38.1 Å². The number of nitrogens with zero attached hydrogens (tertiary/aromatic N) is 4. The molecule has 226 valence electrons. The number of alkyl halides is 2. The van der Waals surface area contributed by atoms with Gasteiger partial charge in [0.2, 0.25) is 11.8 Å². The quantitative estimate of drug-likeness (QED) is 0.233. The summed E-state index contributed by atoms with van der Waals surface area (Å²) in [6.07, 6.45) is 1.98. The zero-order valence-corrected chi connectivity index (χ0v) is 24.4. The fraction of sp³-hybridized carbons (Fsp3) is 0.333. The molecule has 43 heavy (non-hydrogen) atoms. The van der Waals surface area contributed by atoms with Crippen LogP contribution in [0.2, 0.25) is 0 Å². The third-order valence-electron chi connectivity index (χ3n) is 6.51. The number of amides is 2. The summed E-state index contributed by atoms with van der Waals surface area (Å²) in [5.74, 6) is -4.33. The minimum Gasteiger partial charge on any atom is -0.351 e. The molecule has 2 amide bonds. The van der Waals surface area contributed by atoms with Crippen LogP contribution in [0.15, 0.2) is 66.9 Å². The van der Waals surface area contributed by atoms with Gasteiger partial charge in [-0.2, -0.15) is 5.26 Å². The standard InChI is InChI=1S/C18H15F4N2O2P.C10H9N3O.C2H6/c19-11-4-3-5-13(8-11)24(27-26)16(14-6-1-2-7-15(14)20)17(25)23-12-9-18(21,22)10-12;11-7-8-3-4-12-9(6-8)13-5-1-2-10(13)14;1-2/h1-8,12,16H,9-10H2,(H,23,25);3-4,6H,1-2,5H2;1-2H3. The van der Waals surface area contributed by atoms with Gasteiger partial charge < -0.3 is 5.32 Å². The second-order valence-corrected chi connectivity index (χ2v) is 10.1. The normalized spacial score (nSPS) is 16.0. The van der Waals surface area contributed by atoms with E-state index in [9.17, 15) is 31.7 Å². The Hall–Kier alpha value is -4.36. The summed E-state index contributed by atoms with van der Waals surface area (Å²) < 4.78 is 66.8. The second kappa shape index (κ2) is 15.2. The Balaban J connectivity index is 0.000000265. The lowest BCUT2D eigenvalue weighted by atomic mass is 9.88. The molecule has 1 unspecified atom stereocenters. The summed E-state index contributed by atoms with van der Waals surface area (Å²) in [6.45, 7) is 4.71. The van der Waals surface area contributed by atoms with E-state index in [1.54, 1.807) is 23.2 Å². The highest BCUT2D eigenvalue weighted by Gasteiger charge is 2.47. The molecule has 1 N–H and O–H groups in total. The Morgan fingerprint density at radius 1 is 1.14 bits per heavy atom. The number of aromatic nitrogens is 1. The van der Waals surface area contributed by atoms with Gasteiger partial charge in [0.15, 0.2) is 0 Å². The molecule has 2 aliphatic rings. The highest BCUT2D eigenvalue weighted by Crippen LogP contribution is 2.39. The summed E-state index contributed by atoms with van der Waals surface area (Å²) in [5.41, 5.74) is 0.511. The van der Waals surface area contributed by atoms with E-state index >= 15 is 0 Å². The maximum Gasteiger partial charge on any atom is 0.283 e. The number of hydrogen-bond donors (Lipinski definition) is 1. The Kier molecular flexibility index (Phi) is 11.7. The summed E-state index contributed by atoms with van der Waals surface area (Å²) in [6, 6.07) is 13.4. The van der Waals surface area contributed by atoms with Crippen LogP contribution in [0.25, 0.3) is 0 Å². The summed E-state index contributed by atoms with van der Waals surface area (Å²) >= 11 is 0. The van der Waals surface area contributed by atoms with E-state index in [1.807, 2.05) is 19.9 Å². The van der Waals surface area contributed by atoms with Gasteiger partial charge in [0.1, 0.15) is 23.5 Å². The van der Waals surface area contributed by atoms with Gasteiger partial charge in [-0.25, -0.2) is 27.1 Å². The van der Waals surface area contributed by atoms with Gasteiger partial charge in [0.25, 0.3) is 14.5 Å². The fourth-order valence-electron chi connectivity index (χ4n) is 4.51. The average Bonchev–Trinajstić information content (AvgIpc) is 3.42. The van der Waals surface area contributed by atoms with Crippen molar-refractivity contribution in [3.63, 3.8) is 0 Å². The SMILES string of the molecule is CC.N#Cc1ccnc(N2CCCC2=O)c1.O=PN(c1cccc(F)c1)C(C(=O)NC1CC(F)(F)C1)c1ccccc1F. The molecule has 1 atom stereocenters. The van der Waals surface area contributed by atoms with Crippen molar-refractivity contribution in [3.05, 3.63) is 89.6 Å². The van der Waals surface area contributed by atoms with Gasteiger partial charge in [-0.15, -0.1) is 0 Å². The molecule has 13 heteroatoms. The van der Waals surface area contributed by atoms with Crippen molar-refractivity contribution in [2.24, 2.45) is 0 Å². The van der Waals surface area contributed by atoms with Gasteiger partial charge in [-0.05, 0) is 42.8 Å². The van der Waals surface area contributed by atoms with Crippen LogP contribution in [-0.2, 0) is 14.2 Å². The number of nitrogens with one attached hydrogen (secondary N) is 1. The van der Waals surface area contributed by atoms with E-state index in [0.717, 1.165) is 29.3 Å². The lowest BCUT2D eigenvalue weighted by Gasteiger charge is -2.37. The molecular weight excluding hydrogens is 585 g/mol. The summed E-state index contributed by atoms with van der Waals surface area (Å²) in [5, 5.41) is 11.1. The fourth-order valence-corrected chi connectivity index (χ4v) is 5.05. The highest BCUT2D eigenvalue weighted by atomic mass is 31.1. The second-order valence-electron chi connectivity index (χ2n) is 9.46. The van der Waals surface area contributed by atoms with Crippen molar-refractivity contribution in [2.45, 2.75) is 57.5 Å². The summed E-state index contributed by atoms with van der Waals surface area (Å²) in [4.78, 5) is 29.8. The Morgan fingerprint density at radius 2 is 1.86 bits per heavy atom. The Bertz CT molecular complexity index is 1480. The maximum absolute atomic E-state index is 14.3. The zero-order chi connectivity index (χ0) is 31.6. The van der Waals surface area contributed by atoms with Crippen LogP contribution in [-0.4, -0.2) is 35.3 Å². The molecule has 1 saturated heterocycles. The molecule has 2 heterocycles. The van der Waals surface area contributed by atoms with Crippen LogP contribution in [0.1, 0.15) is 56.7 Å². The Labute approximate surface area is 248 Å².